The lowest BCUT2D eigenvalue weighted by Gasteiger charge is -2.19. The Hall–Kier alpha value is -0.300. The summed E-state index contributed by atoms with van der Waals surface area (Å²) in [5.74, 6) is 0. The molecule has 0 aromatic rings. The van der Waals surface area contributed by atoms with Crippen LogP contribution in [-0.4, -0.2) is 12.1 Å². The Morgan fingerprint density at radius 3 is 2.27 bits per heavy atom. The van der Waals surface area contributed by atoms with E-state index in [-0.39, 0.29) is 0 Å². The van der Waals surface area contributed by atoms with Gasteiger partial charge in [0.25, 0.3) is 0 Å². The summed E-state index contributed by atoms with van der Waals surface area (Å²) in [6.45, 7) is 10.4. The summed E-state index contributed by atoms with van der Waals surface area (Å²) in [5, 5.41) is 3.55. The van der Waals surface area contributed by atoms with Crippen LogP contribution in [0.2, 0.25) is 0 Å². The van der Waals surface area contributed by atoms with E-state index < -0.39 is 0 Å². The van der Waals surface area contributed by atoms with Gasteiger partial charge < -0.3 is 5.32 Å². The van der Waals surface area contributed by atoms with E-state index in [0.29, 0.717) is 12.1 Å². The van der Waals surface area contributed by atoms with Crippen molar-refractivity contribution >= 4 is 0 Å². The van der Waals surface area contributed by atoms with E-state index >= 15 is 0 Å². The molecule has 0 saturated carbocycles. The van der Waals surface area contributed by atoms with Gasteiger partial charge in [-0.3, -0.25) is 0 Å². The predicted molar refractivity (Wildman–Crippen MR) is 51.8 cm³/mol. The van der Waals surface area contributed by atoms with Gasteiger partial charge in [-0.2, -0.15) is 0 Å². The molecule has 0 bridgehead atoms. The quantitative estimate of drug-likeness (QED) is 0.582. The molecule has 0 spiro atoms. The van der Waals surface area contributed by atoms with Gasteiger partial charge in [0.1, 0.15) is 0 Å². The Morgan fingerprint density at radius 1 is 1.36 bits per heavy atom. The minimum atomic E-state index is 0.581. The zero-order valence-corrected chi connectivity index (χ0v) is 8.06. The third-order valence-electron chi connectivity index (χ3n) is 2.03. The van der Waals surface area contributed by atoms with Crippen LogP contribution in [0.25, 0.3) is 0 Å². The van der Waals surface area contributed by atoms with Crippen LogP contribution in [0.1, 0.15) is 40.0 Å². The molecule has 0 aromatic carbocycles. The van der Waals surface area contributed by atoms with Gasteiger partial charge >= 0.3 is 0 Å². The maximum atomic E-state index is 3.72. The molecule has 0 saturated heterocycles. The van der Waals surface area contributed by atoms with Crippen molar-refractivity contribution in [3.8, 4) is 0 Å². The van der Waals surface area contributed by atoms with Crippen molar-refractivity contribution in [3.63, 3.8) is 0 Å². The highest BCUT2D eigenvalue weighted by Gasteiger charge is 2.05. The second-order valence-electron chi connectivity index (χ2n) is 3.11. The van der Waals surface area contributed by atoms with Gasteiger partial charge in [-0.25, -0.2) is 0 Å². The molecule has 0 aliphatic heterocycles. The molecule has 0 heterocycles. The van der Waals surface area contributed by atoms with Gasteiger partial charge in [-0.05, 0) is 26.2 Å². The molecule has 0 aliphatic carbocycles. The summed E-state index contributed by atoms with van der Waals surface area (Å²) in [4.78, 5) is 0. The van der Waals surface area contributed by atoms with Crippen LogP contribution in [0.15, 0.2) is 12.7 Å². The fraction of sp³-hybridized carbons (Fsp3) is 0.800. The summed E-state index contributed by atoms with van der Waals surface area (Å²) in [5.41, 5.74) is 0. The molecule has 1 nitrogen and oxygen atoms in total. The van der Waals surface area contributed by atoms with Gasteiger partial charge in [0.05, 0.1) is 0 Å². The van der Waals surface area contributed by atoms with Gasteiger partial charge in [-0.15, -0.1) is 6.58 Å². The van der Waals surface area contributed by atoms with Crippen LogP contribution < -0.4 is 5.32 Å². The highest BCUT2D eigenvalue weighted by molar-refractivity contribution is 4.77. The summed E-state index contributed by atoms with van der Waals surface area (Å²) >= 11 is 0. The predicted octanol–water partition coefficient (Wildman–Crippen LogP) is 2.73. The fourth-order valence-corrected chi connectivity index (χ4v) is 1.24. The molecule has 1 unspecified atom stereocenters. The van der Waals surface area contributed by atoms with E-state index in [1.54, 1.807) is 0 Å². The standard InChI is InChI=1S/C10H21N/c1-5-8-9(4)11-10(6-2)7-3/h5,9-11H,1,6-8H2,2-4H3. The largest absolute Gasteiger partial charge is 0.311 e. The molecule has 66 valence electrons. The molecule has 0 radical (unpaired) electrons. The Morgan fingerprint density at radius 2 is 1.91 bits per heavy atom. The molecule has 1 heteroatoms. The van der Waals surface area contributed by atoms with Crippen molar-refractivity contribution in [2.75, 3.05) is 0 Å². The SMILES string of the molecule is C=CCC(C)NC(CC)CC. The molecule has 0 fully saturated rings. The van der Waals surface area contributed by atoms with E-state index in [1.165, 1.54) is 12.8 Å². The molecule has 11 heavy (non-hydrogen) atoms. The van der Waals surface area contributed by atoms with Gasteiger partial charge in [0, 0.05) is 12.1 Å². The zero-order valence-electron chi connectivity index (χ0n) is 8.06. The first-order chi connectivity index (χ1) is 5.24. The van der Waals surface area contributed by atoms with E-state index in [9.17, 15) is 0 Å². The van der Waals surface area contributed by atoms with Crippen molar-refractivity contribution in [1.82, 2.24) is 5.32 Å². The van der Waals surface area contributed by atoms with Crippen molar-refractivity contribution in [2.24, 2.45) is 0 Å². The molecule has 1 N–H and O–H groups in total. The average molecular weight is 155 g/mol. The second kappa shape index (κ2) is 6.41. The van der Waals surface area contributed by atoms with E-state index in [0.717, 1.165) is 6.42 Å². The van der Waals surface area contributed by atoms with Crippen LogP contribution in [0.4, 0.5) is 0 Å². The van der Waals surface area contributed by atoms with Gasteiger partial charge in [0.15, 0.2) is 0 Å². The minimum absolute atomic E-state index is 0.581. The average Bonchev–Trinajstić information content (AvgIpc) is 2.01. The maximum Gasteiger partial charge on any atom is 0.00757 e. The molecule has 0 amide bonds. The van der Waals surface area contributed by atoms with Crippen LogP contribution >= 0.6 is 0 Å². The first kappa shape index (κ1) is 10.7. The van der Waals surface area contributed by atoms with E-state index in [4.69, 9.17) is 0 Å². The van der Waals surface area contributed by atoms with Gasteiger partial charge in [-0.1, -0.05) is 19.9 Å². The Bertz CT molecular complexity index is 95.0. The third-order valence-corrected chi connectivity index (χ3v) is 2.03. The smallest absolute Gasteiger partial charge is 0.00757 e. The monoisotopic (exact) mass is 155 g/mol. The van der Waals surface area contributed by atoms with Crippen LogP contribution in [0.3, 0.4) is 0 Å². The van der Waals surface area contributed by atoms with Crippen LogP contribution in [-0.2, 0) is 0 Å². The topological polar surface area (TPSA) is 12.0 Å². The maximum absolute atomic E-state index is 3.72. The fourth-order valence-electron chi connectivity index (χ4n) is 1.24. The number of rotatable bonds is 6. The third kappa shape index (κ3) is 5.02. The number of hydrogen-bond acceptors (Lipinski definition) is 1. The summed E-state index contributed by atoms with van der Waals surface area (Å²) in [6.07, 6.45) is 5.48. The van der Waals surface area contributed by atoms with Crippen molar-refractivity contribution in [1.29, 1.82) is 0 Å². The first-order valence-electron chi connectivity index (χ1n) is 4.61. The Balaban J connectivity index is 3.52. The molecule has 0 aliphatic rings. The highest BCUT2D eigenvalue weighted by atomic mass is 14.9. The second-order valence-corrected chi connectivity index (χ2v) is 3.11. The lowest BCUT2D eigenvalue weighted by Crippen LogP contribution is -2.35. The first-order valence-corrected chi connectivity index (χ1v) is 4.61. The van der Waals surface area contributed by atoms with Crippen molar-refractivity contribution in [2.45, 2.75) is 52.1 Å². The normalized spacial score (nSPS) is 13.5. The molecule has 0 rings (SSSR count). The Kier molecular flexibility index (Phi) is 6.24. The lowest BCUT2D eigenvalue weighted by molar-refractivity contribution is 0.426. The Labute approximate surface area is 70.9 Å². The summed E-state index contributed by atoms with van der Waals surface area (Å²) < 4.78 is 0. The van der Waals surface area contributed by atoms with Crippen LogP contribution in [0, 0.1) is 0 Å². The van der Waals surface area contributed by atoms with E-state index in [1.807, 2.05) is 6.08 Å². The molecular formula is C10H21N. The molecular weight excluding hydrogens is 134 g/mol. The minimum Gasteiger partial charge on any atom is -0.311 e. The van der Waals surface area contributed by atoms with Crippen molar-refractivity contribution < 1.29 is 0 Å². The molecule has 1 atom stereocenters. The lowest BCUT2D eigenvalue weighted by atomic mass is 10.1. The summed E-state index contributed by atoms with van der Waals surface area (Å²) in [6, 6.07) is 1.27. The molecule has 0 aromatic heterocycles. The summed E-state index contributed by atoms with van der Waals surface area (Å²) in [7, 11) is 0. The van der Waals surface area contributed by atoms with Crippen molar-refractivity contribution in [3.05, 3.63) is 12.7 Å². The van der Waals surface area contributed by atoms with Gasteiger partial charge in [0.2, 0.25) is 0 Å². The van der Waals surface area contributed by atoms with Crippen LogP contribution in [0.5, 0.6) is 0 Å². The number of nitrogens with one attached hydrogen (secondary N) is 1. The highest BCUT2D eigenvalue weighted by Crippen LogP contribution is 2.00. The number of hydrogen-bond donors (Lipinski definition) is 1. The zero-order chi connectivity index (χ0) is 8.69. The van der Waals surface area contributed by atoms with E-state index in [2.05, 4.69) is 32.7 Å².